The fraction of sp³-hybridized carbons (Fsp3) is 0.0909. The van der Waals surface area contributed by atoms with Crippen LogP contribution in [0.5, 0.6) is 0 Å². The standard InChI is InChI=1S/C11H12N4O2S2/c1-15-10(6-7-13-15)14-19(16,17)9-4-2-8(3-5-9)11(12)18/h2-7,14H,1H3,(H2,12,18). The van der Waals surface area contributed by atoms with Crippen molar-refractivity contribution in [2.24, 2.45) is 12.8 Å². The topological polar surface area (TPSA) is 90.0 Å². The minimum absolute atomic E-state index is 0.133. The van der Waals surface area contributed by atoms with E-state index in [1.54, 1.807) is 25.2 Å². The lowest BCUT2D eigenvalue weighted by Crippen LogP contribution is -2.16. The maximum atomic E-state index is 12.1. The van der Waals surface area contributed by atoms with Gasteiger partial charge in [0.05, 0.1) is 11.1 Å². The van der Waals surface area contributed by atoms with Gasteiger partial charge >= 0.3 is 0 Å². The summed E-state index contributed by atoms with van der Waals surface area (Å²) in [5.74, 6) is 0.387. The molecule has 8 heteroatoms. The molecule has 0 amide bonds. The summed E-state index contributed by atoms with van der Waals surface area (Å²) in [4.78, 5) is 0.359. The molecule has 1 heterocycles. The van der Waals surface area contributed by atoms with Crippen molar-refractivity contribution in [2.45, 2.75) is 4.90 Å². The highest BCUT2D eigenvalue weighted by atomic mass is 32.2. The first-order valence-corrected chi connectivity index (χ1v) is 7.20. The van der Waals surface area contributed by atoms with E-state index in [2.05, 4.69) is 9.82 Å². The van der Waals surface area contributed by atoms with Crippen LogP contribution >= 0.6 is 12.2 Å². The molecule has 100 valence electrons. The Labute approximate surface area is 116 Å². The number of nitrogens with two attached hydrogens (primary N) is 1. The number of thiocarbonyl (C=S) groups is 1. The van der Waals surface area contributed by atoms with E-state index in [0.29, 0.717) is 11.4 Å². The van der Waals surface area contributed by atoms with Gasteiger partial charge in [0.1, 0.15) is 10.8 Å². The van der Waals surface area contributed by atoms with Crippen molar-refractivity contribution < 1.29 is 8.42 Å². The Morgan fingerprint density at radius 3 is 2.42 bits per heavy atom. The molecule has 1 aromatic heterocycles. The Morgan fingerprint density at radius 2 is 1.95 bits per heavy atom. The molecule has 2 aromatic rings. The van der Waals surface area contributed by atoms with Crippen LogP contribution in [0.4, 0.5) is 5.82 Å². The van der Waals surface area contributed by atoms with Gasteiger partial charge in [0.2, 0.25) is 0 Å². The molecule has 2 rings (SSSR count). The fourth-order valence-corrected chi connectivity index (χ4v) is 2.69. The van der Waals surface area contributed by atoms with Gasteiger partial charge in [-0.1, -0.05) is 24.4 Å². The molecule has 0 aliphatic heterocycles. The van der Waals surface area contributed by atoms with Crippen molar-refractivity contribution >= 4 is 33.0 Å². The molecule has 19 heavy (non-hydrogen) atoms. The summed E-state index contributed by atoms with van der Waals surface area (Å²) in [7, 11) is -2.00. The molecule has 6 nitrogen and oxygen atoms in total. The molecule has 0 unspecified atom stereocenters. The number of sulfonamides is 1. The summed E-state index contributed by atoms with van der Waals surface area (Å²) in [6.45, 7) is 0. The predicted octanol–water partition coefficient (Wildman–Crippen LogP) is 0.855. The largest absolute Gasteiger partial charge is 0.389 e. The molecular formula is C11H12N4O2S2. The van der Waals surface area contributed by atoms with Crippen LogP contribution in [0.1, 0.15) is 5.56 Å². The predicted molar refractivity (Wildman–Crippen MR) is 76.3 cm³/mol. The quantitative estimate of drug-likeness (QED) is 0.817. The Balaban J connectivity index is 2.29. The van der Waals surface area contributed by atoms with Gasteiger partial charge < -0.3 is 5.73 Å². The van der Waals surface area contributed by atoms with Crippen LogP contribution in [0.3, 0.4) is 0 Å². The number of aryl methyl sites for hydroxylation is 1. The van der Waals surface area contributed by atoms with Crippen molar-refractivity contribution in [3.63, 3.8) is 0 Å². The van der Waals surface area contributed by atoms with Crippen LogP contribution in [0.25, 0.3) is 0 Å². The van der Waals surface area contributed by atoms with E-state index >= 15 is 0 Å². The van der Waals surface area contributed by atoms with E-state index in [0.717, 1.165) is 0 Å². The van der Waals surface area contributed by atoms with Crippen molar-refractivity contribution in [2.75, 3.05) is 4.72 Å². The van der Waals surface area contributed by atoms with Crippen molar-refractivity contribution in [3.05, 3.63) is 42.1 Å². The molecule has 1 aromatic carbocycles. The second-order valence-corrected chi connectivity index (χ2v) is 5.96. The summed E-state index contributed by atoms with van der Waals surface area (Å²) in [6, 6.07) is 7.61. The molecule has 0 radical (unpaired) electrons. The summed E-state index contributed by atoms with van der Waals surface area (Å²) in [5, 5.41) is 3.89. The van der Waals surface area contributed by atoms with E-state index in [9.17, 15) is 8.42 Å². The number of anilines is 1. The molecular weight excluding hydrogens is 284 g/mol. The third-order valence-corrected chi connectivity index (χ3v) is 4.12. The third kappa shape index (κ3) is 2.91. The Kier molecular flexibility index (Phi) is 3.54. The molecule has 0 atom stereocenters. The summed E-state index contributed by atoms with van der Waals surface area (Å²) in [5.41, 5.74) is 6.08. The monoisotopic (exact) mass is 296 g/mol. The van der Waals surface area contributed by atoms with Crippen molar-refractivity contribution in [1.29, 1.82) is 0 Å². The lowest BCUT2D eigenvalue weighted by atomic mass is 10.2. The number of benzene rings is 1. The van der Waals surface area contributed by atoms with Crippen LogP contribution in [0.15, 0.2) is 41.4 Å². The summed E-state index contributed by atoms with van der Waals surface area (Å²) in [6.07, 6.45) is 1.51. The Bertz CT molecular complexity index is 705. The molecule has 0 saturated carbocycles. The second kappa shape index (κ2) is 4.98. The van der Waals surface area contributed by atoms with E-state index in [1.165, 1.54) is 23.0 Å². The van der Waals surface area contributed by atoms with Gasteiger partial charge in [0, 0.05) is 18.7 Å². The van der Waals surface area contributed by atoms with E-state index in [1.807, 2.05) is 0 Å². The average Bonchev–Trinajstić information content (AvgIpc) is 2.74. The minimum atomic E-state index is -3.64. The van der Waals surface area contributed by atoms with Gasteiger partial charge in [-0.25, -0.2) is 8.42 Å². The lowest BCUT2D eigenvalue weighted by Gasteiger charge is -2.08. The van der Waals surface area contributed by atoms with Crippen LogP contribution in [-0.2, 0) is 17.1 Å². The number of nitrogens with zero attached hydrogens (tertiary/aromatic N) is 2. The smallest absolute Gasteiger partial charge is 0.263 e. The molecule has 0 aliphatic rings. The van der Waals surface area contributed by atoms with Crippen molar-refractivity contribution in [1.82, 2.24) is 9.78 Å². The molecule has 3 N–H and O–H groups in total. The van der Waals surface area contributed by atoms with Crippen LogP contribution in [0.2, 0.25) is 0 Å². The molecule has 0 bridgehead atoms. The normalized spacial score (nSPS) is 11.2. The van der Waals surface area contributed by atoms with Gasteiger partial charge in [-0.2, -0.15) is 5.10 Å². The first-order valence-electron chi connectivity index (χ1n) is 5.31. The fourth-order valence-electron chi connectivity index (χ4n) is 1.47. The zero-order chi connectivity index (χ0) is 14.0. The van der Waals surface area contributed by atoms with E-state index < -0.39 is 10.0 Å². The van der Waals surface area contributed by atoms with Crippen LogP contribution in [-0.4, -0.2) is 23.2 Å². The zero-order valence-electron chi connectivity index (χ0n) is 10.1. The minimum Gasteiger partial charge on any atom is -0.389 e. The number of aromatic nitrogens is 2. The SMILES string of the molecule is Cn1nccc1NS(=O)(=O)c1ccc(C(N)=S)cc1. The van der Waals surface area contributed by atoms with Crippen LogP contribution in [0, 0.1) is 0 Å². The van der Waals surface area contributed by atoms with Crippen LogP contribution < -0.4 is 10.5 Å². The van der Waals surface area contributed by atoms with Gasteiger partial charge in [-0.05, 0) is 12.1 Å². The number of hydrogen-bond acceptors (Lipinski definition) is 4. The zero-order valence-corrected chi connectivity index (χ0v) is 11.7. The highest BCUT2D eigenvalue weighted by Crippen LogP contribution is 2.15. The third-order valence-electron chi connectivity index (χ3n) is 2.51. The van der Waals surface area contributed by atoms with E-state index in [4.69, 9.17) is 18.0 Å². The first kappa shape index (κ1) is 13.5. The molecule has 0 spiro atoms. The highest BCUT2D eigenvalue weighted by molar-refractivity contribution is 7.92. The van der Waals surface area contributed by atoms with Gasteiger partial charge in [-0.15, -0.1) is 0 Å². The Hall–Kier alpha value is -1.93. The molecule has 0 saturated heterocycles. The number of hydrogen-bond donors (Lipinski definition) is 2. The average molecular weight is 296 g/mol. The maximum absolute atomic E-state index is 12.1. The van der Waals surface area contributed by atoms with Gasteiger partial charge in [0.25, 0.3) is 10.0 Å². The molecule has 0 fully saturated rings. The molecule has 0 aliphatic carbocycles. The van der Waals surface area contributed by atoms with Gasteiger partial charge in [0.15, 0.2) is 0 Å². The maximum Gasteiger partial charge on any atom is 0.263 e. The van der Waals surface area contributed by atoms with Gasteiger partial charge in [-0.3, -0.25) is 9.40 Å². The summed E-state index contributed by atoms with van der Waals surface area (Å²) < 4.78 is 28.1. The first-order chi connectivity index (χ1) is 8.90. The highest BCUT2D eigenvalue weighted by Gasteiger charge is 2.15. The second-order valence-electron chi connectivity index (χ2n) is 3.83. The van der Waals surface area contributed by atoms with Crippen molar-refractivity contribution in [3.8, 4) is 0 Å². The van der Waals surface area contributed by atoms with E-state index in [-0.39, 0.29) is 9.88 Å². The Morgan fingerprint density at radius 1 is 1.32 bits per heavy atom. The number of nitrogens with one attached hydrogen (secondary N) is 1. The lowest BCUT2D eigenvalue weighted by molar-refractivity contribution is 0.600. The number of rotatable bonds is 4. The summed E-state index contributed by atoms with van der Waals surface area (Å²) >= 11 is 4.81.